The molecule has 4 heteroatoms. The number of halogens is 1. The predicted octanol–water partition coefficient (Wildman–Crippen LogP) is 2.12. The lowest BCUT2D eigenvalue weighted by molar-refractivity contribution is 0.0785. The highest BCUT2D eigenvalue weighted by atomic mass is 127. The molecule has 1 aromatic rings. The number of nitrogens with one attached hydrogen (secondary N) is 1. The molecule has 1 amide bonds. The first kappa shape index (κ1) is 12.4. The second-order valence-electron chi connectivity index (χ2n) is 5.18. The Morgan fingerprint density at radius 3 is 2.78 bits per heavy atom. The Balaban J connectivity index is 1.72. The molecule has 1 N–H and O–H groups in total. The van der Waals surface area contributed by atoms with E-state index in [1.54, 1.807) is 0 Å². The number of amides is 1. The number of carbonyl (C=O) groups excluding carboxylic acids is 1. The van der Waals surface area contributed by atoms with E-state index in [0.717, 1.165) is 25.2 Å². The topological polar surface area (TPSA) is 32.3 Å². The smallest absolute Gasteiger partial charge is 0.253 e. The highest BCUT2D eigenvalue weighted by Gasteiger charge is 2.36. The van der Waals surface area contributed by atoms with Crippen LogP contribution in [0, 0.1) is 9.49 Å². The number of likely N-dealkylation sites (tertiary alicyclic amines) is 1. The van der Waals surface area contributed by atoms with Gasteiger partial charge < -0.3 is 10.2 Å². The van der Waals surface area contributed by atoms with Crippen LogP contribution in [0.5, 0.6) is 0 Å². The van der Waals surface area contributed by atoms with Crippen molar-refractivity contribution in [3.63, 3.8) is 0 Å². The summed E-state index contributed by atoms with van der Waals surface area (Å²) < 4.78 is 1.17. The summed E-state index contributed by atoms with van der Waals surface area (Å²) in [6, 6.07) is 8.37. The summed E-state index contributed by atoms with van der Waals surface area (Å²) in [7, 11) is 0. The molecule has 2 heterocycles. The van der Waals surface area contributed by atoms with Crippen LogP contribution in [0.25, 0.3) is 0 Å². The van der Waals surface area contributed by atoms with Gasteiger partial charge in [0.25, 0.3) is 5.91 Å². The first-order valence-corrected chi connectivity index (χ1v) is 7.60. The SMILES string of the molecule is O=C(c1ccc(I)cc1)N1C[C@@H]2CCCN[C@@H]2C1. The van der Waals surface area contributed by atoms with Gasteiger partial charge in [-0.05, 0) is 72.2 Å². The van der Waals surface area contributed by atoms with Crippen LogP contribution in [-0.4, -0.2) is 36.5 Å². The summed E-state index contributed by atoms with van der Waals surface area (Å²) in [5.74, 6) is 0.842. The Morgan fingerprint density at radius 1 is 1.28 bits per heavy atom. The zero-order valence-electron chi connectivity index (χ0n) is 10.2. The highest BCUT2D eigenvalue weighted by molar-refractivity contribution is 14.1. The third kappa shape index (κ3) is 2.40. The summed E-state index contributed by atoms with van der Waals surface area (Å²) in [4.78, 5) is 14.4. The fourth-order valence-corrected chi connectivity index (χ4v) is 3.35. The van der Waals surface area contributed by atoms with Crippen LogP contribution in [0.2, 0.25) is 0 Å². The maximum Gasteiger partial charge on any atom is 0.253 e. The van der Waals surface area contributed by atoms with Crippen molar-refractivity contribution in [2.45, 2.75) is 18.9 Å². The minimum atomic E-state index is 0.183. The summed E-state index contributed by atoms with van der Waals surface area (Å²) in [5.41, 5.74) is 0.814. The van der Waals surface area contributed by atoms with Crippen molar-refractivity contribution in [3.05, 3.63) is 33.4 Å². The van der Waals surface area contributed by atoms with Crippen molar-refractivity contribution in [1.82, 2.24) is 10.2 Å². The van der Waals surface area contributed by atoms with Crippen LogP contribution >= 0.6 is 22.6 Å². The Bertz CT molecular complexity index is 432. The molecule has 2 aliphatic heterocycles. The van der Waals surface area contributed by atoms with Crippen molar-refractivity contribution < 1.29 is 4.79 Å². The number of hydrogen-bond acceptors (Lipinski definition) is 2. The van der Waals surface area contributed by atoms with Gasteiger partial charge in [-0.2, -0.15) is 0 Å². The first-order chi connectivity index (χ1) is 8.74. The molecule has 1 aromatic carbocycles. The summed E-state index contributed by atoms with van der Waals surface area (Å²) in [6.45, 7) is 2.89. The first-order valence-electron chi connectivity index (χ1n) is 6.52. The zero-order chi connectivity index (χ0) is 12.5. The quantitative estimate of drug-likeness (QED) is 0.782. The minimum absolute atomic E-state index is 0.183. The molecule has 0 aromatic heterocycles. The Morgan fingerprint density at radius 2 is 2.06 bits per heavy atom. The molecule has 2 atom stereocenters. The molecule has 0 saturated carbocycles. The monoisotopic (exact) mass is 356 g/mol. The van der Waals surface area contributed by atoms with E-state index >= 15 is 0 Å². The maximum absolute atomic E-state index is 12.4. The molecule has 2 saturated heterocycles. The number of carbonyl (C=O) groups is 1. The van der Waals surface area contributed by atoms with Crippen molar-refractivity contribution in [2.24, 2.45) is 5.92 Å². The predicted molar refractivity (Wildman–Crippen MR) is 79.6 cm³/mol. The van der Waals surface area contributed by atoms with Gasteiger partial charge in [0.1, 0.15) is 0 Å². The van der Waals surface area contributed by atoms with Crippen LogP contribution in [-0.2, 0) is 0 Å². The molecule has 0 aliphatic carbocycles. The second-order valence-corrected chi connectivity index (χ2v) is 6.43. The van der Waals surface area contributed by atoms with Gasteiger partial charge in [0.2, 0.25) is 0 Å². The molecule has 0 spiro atoms. The average molecular weight is 356 g/mol. The Hall–Kier alpha value is -0.620. The Kier molecular flexibility index (Phi) is 3.56. The lowest BCUT2D eigenvalue weighted by atomic mass is 9.94. The van der Waals surface area contributed by atoms with Gasteiger partial charge in [-0.25, -0.2) is 0 Å². The molecular formula is C14H17IN2O. The van der Waals surface area contributed by atoms with Crippen molar-refractivity contribution >= 4 is 28.5 Å². The van der Waals surface area contributed by atoms with E-state index in [1.165, 1.54) is 16.4 Å². The van der Waals surface area contributed by atoms with Gasteiger partial charge in [-0.15, -0.1) is 0 Å². The number of rotatable bonds is 1. The number of fused-ring (bicyclic) bond motifs is 1. The van der Waals surface area contributed by atoms with E-state index in [4.69, 9.17) is 0 Å². The molecule has 0 unspecified atom stereocenters. The molecule has 3 rings (SSSR count). The van der Waals surface area contributed by atoms with Gasteiger partial charge in [0.15, 0.2) is 0 Å². The van der Waals surface area contributed by atoms with Gasteiger partial charge in [-0.1, -0.05) is 0 Å². The van der Waals surface area contributed by atoms with Crippen molar-refractivity contribution in [3.8, 4) is 0 Å². The fourth-order valence-electron chi connectivity index (χ4n) is 2.99. The highest BCUT2D eigenvalue weighted by Crippen LogP contribution is 2.26. The lowest BCUT2D eigenvalue weighted by Gasteiger charge is -2.24. The van der Waals surface area contributed by atoms with Crippen LogP contribution in [0.4, 0.5) is 0 Å². The van der Waals surface area contributed by atoms with E-state index in [-0.39, 0.29) is 5.91 Å². The molecule has 0 bridgehead atoms. The maximum atomic E-state index is 12.4. The molecule has 0 radical (unpaired) electrons. The molecular weight excluding hydrogens is 339 g/mol. The van der Waals surface area contributed by atoms with Crippen LogP contribution in [0.15, 0.2) is 24.3 Å². The van der Waals surface area contributed by atoms with Crippen LogP contribution in [0.3, 0.4) is 0 Å². The third-order valence-electron chi connectivity index (χ3n) is 3.98. The summed E-state index contributed by atoms with van der Waals surface area (Å²) in [5, 5.41) is 3.53. The Labute approximate surface area is 121 Å². The van der Waals surface area contributed by atoms with E-state index < -0.39 is 0 Å². The van der Waals surface area contributed by atoms with Crippen molar-refractivity contribution in [2.75, 3.05) is 19.6 Å². The average Bonchev–Trinajstić information content (AvgIpc) is 2.82. The third-order valence-corrected chi connectivity index (χ3v) is 4.70. The van der Waals surface area contributed by atoms with Crippen LogP contribution in [0.1, 0.15) is 23.2 Å². The number of nitrogens with zero attached hydrogens (tertiary/aromatic N) is 1. The normalized spacial score (nSPS) is 27.1. The molecule has 2 aliphatic rings. The summed E-state index contributed by atoms with van der Waals surface area (Å²) >= 11 is 2.26. The number of benzene rings is 1. The van der Waals surface area contributed by atoms with Gasteiger partial charge >= 0.3 is 0 Å². The van der Waals surface area contributed by atoms with Gasteiger partial charge in [0, 0.05) is 28.3 Å². The summed E-state index contributed by atoms with van der Waals surface area (Å²) in [6.07, 6.45) is 2.50. The number of hydrogen-bond donors (Lipinski definition) is 1. The standard InChI is InChI=1S/C14H17IN2O/c15-12-5-3-10(4-6-12)14(18)17-8-11-2-1-7-16-13(11)9-17/h3-6,11,13,16H,1-2,7-9H2/t11-,13+/m0/s1. The molecule has 96 valence electrons. The molecule has 2 fully saturated rings. The van der Waals surface area contributed by atoms with Crippen molar-refractivity contribution in [1.29, 1.82) is 0 Å². The second kappa shape index (κ2) is 5.17. The molecule has 3 nitrogen and oxygen atoms in total. The van der Waals surface area contributed by atoms with E-state index in [0.29, 0.717) is 12.0 Å². The van der Waals surface area contributed by atoms with Crippen LogP contribution < -0.4 is 5.32 Å². The van der Waals surface area contributed by atoms with E-state index in [2.05, 4.69) is 27.9 Å². The van der Waals surface area contributed by atoms with Gasteiger partial charge in [-0.3, -0.25) is 4.79 Å². The minimum Gasteiger partial charge on any atom is -0.337 e. The fraction of sp³-hybridized carbons (Fsp3) is 0.500. The van der Waals surface area contributed by atoms with E-state index in [9.17, 15) is 4.79 Å². The largest absolute Gasteiger partial charge is 0.337 e. The zero-order valence-corrected chi connectivity index (χ0v) is 12.4. The lowest BCUT2D eigenvalue weighted by Crippen LogP contribution is -2.41. The molecule has 18 heavy (non-hydrogen) atoms. The van der Waals surface area contributed by atoms with E-state index in [1.807, 2.05) is 29.2 Å². The number of piperidine rings is 1. The van der Waals surface area contributed by atoms with Gasteiger partial charge in [0.05, 0.1) is 0 Å².